The second kappa shape index (κ2) is 6.89. The van der Waals surface area contributed by atoms with Crippen LogP contribution in [0.5, 0.6) is 0 Å². The second-order valence-corrected chi connectivity index (χ2v) is 7.18. The van der Waals surface area contributed by atoms with E-state index in [2.05, 4.69) is 85.0 Å². The van der Waals surface area contributed by atoms with E-state index in [4.69, 9.17) is 11.6 Å². The summed E-state index contributed by atoms with van der Waals surface area (Å²) in [4.78, 5) is 0. The van der Waals surface area contributed by atoms with E-state index in [0.29, 0.717) is 0 Å². The summed E-state index contributed by atoms with van der Waals surface area (Å²) >= 11 is 6.07. The van der Waals surface area contributed by atoms with Gasteiger partial charge in [-0.15, -0.1) is 0 Å². The van der Waals surface area contributed by atoms with Gasteiger partial charge < -0.3 is 5.43 Å². The van der Waals surface area contributed by atoms with Crippen LogP contribution in [0.1, 0.15) is 22.7 Å². The van der Waals surface area contributed by atoms with Crippen LogP contribution in [-0.4, -0.2) is 0 Å². The molecule has 4 rings (SSSR count). The number of rotatable bonds is 3. The van der Waals surface area contributed by atoms with Crippen molar-refractivity contribution in [2.24, 2.45) is 0 Å². The van der Waals surface area contributed by atoms with Gasteiger partial charge in [0.15, 0.2) is 0 Å². The average molecular weight is 361 g/mol. The lowest BCUT2D eigenvalue weighted by Crippen LogP contribution is -2.33. The van der Waals surface area contributed by atoms with Crippen LogP contribution in [0.25, 0.3) is 11.1 Å². The monoisotopic (exact) mass is 360 g/mol. The fourth-order valence-corrected chi connectivity index (χ4v) is 3.72. The Hall–Kier alpha value is -2.71. The molecule has 0 bridgehead atoms. The molecule has 1 heterocycles. The Labute approximate surface area is 159 Å². The Bertz CT molecular complexity index is 940. The third-order valence-corrected chi connectivity index (χ3v) is 4.93. The number of hydrogen-bond acceptors (Lipinski definition) is 2. The molecule has 130 valence electrons. The zero-order valence-electron chi connectivity index (χ0n) is 14.9. The summed E-state index contributed by atoms with van der Waals surface area (Å²) in [7, 11) is 0. The summed E-state index contributed by atoms with van der Waals surface area (Å²) in [6.07, 6.45) is 4.22. The van der Waals surface area contributed by atoms with Crippen LogP contribution < -0.4 is 10.4 Å². The third kappa shape index (κ3) is 3.21. The summed E-state index contributed by atoms with van der Waals surface area (Å²) in [6.45, 7) is 4.29. The highest BCUT2D eigenvalue weighted by Crippen LogP contribution is 2.37. The molecule has 3 heteroatoms. The van der Waals surface area contributed by atoms with Gasteiger partial charge in [0.2, 0.25) is 0 Å². The summed E-state index contributed by atoms with van der Waals surface area (Å²) in [5.74, 6) is 0. The highest BCUT2D eigenvalue weighted by molar-refractivity contribution is 6.30. The molecule has 26 heavy (non-hydrogen) atoms. The molecule has 0 aromatic heterocycles. The van der Waals surface area contributed by atoms with Crippen molar-refractivity contribution >= 4 is 17.3 Å². The van der Waals surface area contributed by atoms with Gasteiger partial charge >= 0.3 is 0 Å². The zero-order chi connectivity index (χ0) is 18.1. The fraction of sp³-hybridized carbons (Fsp3) is 0.130. The van der Waals surface area contributed by atoms with Crippen LogP contribution in [0.3, 0.4) is 0 Å². The maximum atomic E-state index is 6.07. The van der Waals surface area contributed by atoms with Gasteiger partial charge in [0, 0.05) is 16.8 Å². The van der Waals surface area contributed by atoms with Gasteiger partial charge in [-0.2, -0.15) is 0 Å². The minimum atomic E-state index is 0.155. The Morgan fingerprint density at radius 3 is 2.31 bits per heavy atom. The van der Waals surface area contributed by atoms with Crippen LogP contribution in [0.4, 0.5) is 5.69 Å². The maximum Gasteiger partial charge on any atom is 0.0952 e. The molecule has 0 saturated carbocycles. The highest BCUT2D eigenvalue weighted by Gasteiger charge is 2.24. The van der Waals surface area contributed by atoms with E-state index in [0.717, 1.165) is 16.3 Å². The molecule has 0 radical (unpaired) electrons. The Morgan fingerprint density at radius 2 is 1.58 bits per heavy atom. The molecule has 0 amide bonds. The first kappa shape index (κ1) is 16.7. The summed E-state index contributed by atoms with van der Waals surface area (Å²) in [5.41, 5.74) is 10.7. The number of para-hydroxylation sites is 1. The number of hydrogen-bond donors (Lipinski definition) is 1. The van der Waals surface area contributed by atoms with E-state index in [-0.39, 0.29) is 6.04 Å². The minimum Gasteiger partial charge on any atom is -0.305 e. The van der Waals surface area contributed by atoms with Crippen molar-refractivity contribution in [2.75, 3.05) is 5.01 Å². The molecule has 3 aromatic rings. The fourth-order valence-electron chi connectivity index (χ4n) is 3.60. The summed E-state index contributed by atoms with van der Waals surface area (Å²) < 4.78 is 0. The number of nitrogens with zero attached hydrogens (tertiary/aromatic N) is 1. The first-order valence-electron chi connectivity index (χ1n) is 8.77. The molecule has 2 nitrogen and oxygen atoms in total. The standard InChI is InChI=1S/C23H21ClN2/c1-16-13-17(2)15-19(14-16)22-11-12-25-26(22)23-6-4-3-5-21(23)18-7-9-20(24)10-8-18/h3-15,22,25H,1-2H3. The summed E-state index contributed by atoms with van der Waals surface area (Å²) in [6, 6.07) is 23.3. The van der Waals surface area contributed by atoms with Gasteiger partial charge in [0.25, 0.3) is 0 Å². The topological polar surface area (TPSA) is 15.3 Å². The Kier molecular flexibility index (Phi) is 4.44. The molecule has 1 N–H and O–H groups in total. The van der Waals surface area contributed by atoms with E-state index >= 15 is 0 Å². The lowest BCUT2D eigenvalue weighted by Gasteiger charge is -2.29. The molecule has 1 aliphatic rings. The Morgan fingerprint density at radius 1 is 0.885 bits per heavy atom. The number of halogens is 1. The normalized spacial score (nSPS) is 16.0. The molecular formula is C23H21ClN2. The average Bonchev–Trinajstić information content (AvgIpc) is 3.11. The maximum absolute atomic E-state index is 6.07. The van der Waals surface area contributed by atoms with Crippen LogP contribution in [0.15, 0.2) is 79.0 Å². The van der Waals surface area contributed by atoms with Crippen molar-refractivity contribution < 1.29 is 0 Å². The third-order valence-electron chi connectivity index (χ3n) is 4.67. The van der Waals surface area contributed by atoms with Crippen molar-refractivity contribution in [1.82, 2.24) is 5.43 Å². The molecule has 0 spiro atoms. The number of aryl methyl sites for hydroxylation is 2. The predicted molar refractivity (Wildman–Crippen MR) is 110 cm³/mol. The number of benzene rings is 3. The van der Waals surface area contributed by atoms with Gasteiger partial charge in [-0.3, -0.25) is 5.01 Å². The number of anilines is 1. The van der Waals surface area contributed by atoms with Gasteiger partial charge in [-0.1, -0.05) is 71.3 Å². The second-order valence-electron chi connectivity index (χ2n) is 6.75. The number of nitrogens with one attached hydrogen (secondary N) is 1. The molecule has 0 saturated heterocycles. The van der Waals surface area contributed by atoms with Crippen molar-refractivity contribution in [2.45, 2.75) is 19.9 Å². The molecule has 1 aliphatic heterocycles. The molecular weight excluding hydrogens is 340 g/mol. The van der Waals surface area contributed by atoms with Crippen LogP contribution >= 0.6 is 11.6 Å². The van der Waals surface area contributed by atoms with Crippen molar-refractivity contribution in [1.29, 1.82) is 0 Å². The molecule has 1 atom stereocenters. The van der Waals surface area contributed by atoms with Crippen LogP contribution in [0, 0.1) is 13.8 Å². The largest absolute Gasteiger partial charge is 0.305 e. The first-order valence-corrected chi connectivity index (χ1v) is 9.15. The molecule has 3 aromatic carbocycles. The molecule has 1 unspecified atom stereocenters. The zero-order valence-corrected chi connectivity index (χ0v) is 15.7. The SMILES string of the molecule is Cc1cc(C)cc(C2C=CNN2c2ccccc2-c2ccc(Cl)cc2)c1. The van der Waals surface area contributed by atoms with Gasteiger partial charge in [0.05, 0.1) is 11.7 Å². The van der Waals surface area contributed by atoms with Crippen molar-refractivity contribution in [3.05, 3.63) is 101 Å². The minimum absolute atomic E-state index is 0.155. The first-order chi connectivity index (χ1) is 12.6. The van der Waals surface area contributed by atoms with E-state index in [1.807, 2.05) is 18.3 Å². The van der Waals surface area contributed by atoms with Crippen LogP contribution in [-0.2, 0) is 0 Å². The smallest absolute Gasteiger partial charge is 0.0952 e. The van der Waals surface area contributed by atoms with Gasteiger partial charge in [0.1, 0.15) is 0 Å². The molecule has 0 aliphatic carbocycles. The molecule has 0 fully saturated rings. The number of hydrazine groups is 1. The van der Waals surface area contributed by atoms with E-state index in [1.165, 1.54) is 22.3 Å². The predicted octanol–water partition coefficient (Wildman–Crippen LogP) is 6.20. The van der Waals surface area contributed by atoms with Gasteiger partial charge in [-0.25, -0.2) is 0 Å². The van der Waals surface area contributed by atoms with Crippen LogP contribution in [0.2, 0.25) is 5.02 Å². The van der Waals surface area contributed by atoms with Gasteiger partial charge in [-0.05, 0) is 49.2 Å². The van der Waals surface area contributed by atoms with Crippen molar-refractivity contribution in [3.63, 3.8) is 0 Å². The quantitative estimate of drug-likeness (QED) is 0.597. The lowest BCUT2D eigenvalue weighted by molar-refractivity contribution is 0.718. The Balaban J connectivity index is 1.76. The lowest BCUT2D eigenvalue weighted by atomic mass is 9.99. The summed E-state index contributed by atoms with van der Waals surface area (Å²) in [5, 5.41) is 2.97. The van der Waals surface area contributed by atoms with E-state index < -0.39 is 0 Å². The highest BCUT2D eigenvalue weighted by atomic mass is 35.5. The van der Waals surface area contributed by atoms with E-state index in [1.54, 1.807) is 0 Å². The van der Waals surface area contributed by atoms with E-state index in [9.17, 15) is 0 Å². The van der Waals surface area contributed by atoms with Crippen molar-refractivity contribution in [3.8, 4) is 11.1 Å².